The van der Waals surface area contributed by atoms with E-state index in [-0.39, 0.29) is 10.7 Å². The van der Waals surface area contributed by atoms with Gasteiger partial charge in [-0.25, -0.2) is 13.1 Å². The van der Waals surface area contributed by atoms with Crippen molar-refractivity contribution in [2.24, 2.45) is 5.73 Å². The molecule has 0 spiro atoms. The van der Waals surface area contributed by atoms with Crippen LogP contribution in [0.4, 0.5) is 0 Å². The van der Waals surface area contributed by atoms with Gasteiger partial charge in [0.15, 0.2) is 0 Å². The number of hydrogen-bond donors (Lipinski definition) is 2. The minimum Gasteiger partial charge on any atom is -0.392 e. The van der Waals surface area contributed by atoms with E-state index < -0.39 is 10.0 Å². The van der Waals surface area contributed by atoms with Crippen LogP contribution in [0.3, 0.4) is 0 Å². The van der Waals surface area contributed by atoms with Gasteiger partial charge in [-0.15, -0.1) is 0 Å². The Morgan fingerprint density at radius 3 is 2.62 bits per heavy atom. The Labute approximate surface area is 106 Å². The third-order valence-electron chi connectivity index (χ3n) is 2.19. The Kier molecular flexibility index (Phi) is 5.98. The summed E-state index contributed by atoms with van der Waals surface area (Å²) in [5.74, 6) is 1.98. The van der Waals surface area contributed by atoms with Crippen LogP contribution in [0.5, 0.6) is 0 Å². The first-order valence-corrected chi connectivity index (χ1v) is 8.27. The van der Waals surface area contributed by atoms with E-state index in [1.807, 2.05) is 11.8 Å². The second kappa shape index (κ2) is 6.75. The maximum atomic E-state index is 11.4. The lowest BCUT2D eigenvalue weighted by Gasteiger charge is -2.25. The molecule has 0 saturated carbocycles. The zero-order valence-electron chi connectivity index (χ0n) is 9.02. The number of nitrogens with zero attached hydrogens (tertiary/aromatic N) is 1. The predicted octanol–water partition coefficient (Wildman–Crippen LogP) is -0.759. The van der Waals surface area contributed by atoms with Gasteiger partial charge in [0.25, 0.3) is 0 Å². The zero-order valence-corrected chi connectivity index (χ0v) is 11.5. The molecule has 1 rings (SSSR count). The second-order valence-electron chi connectivity index (χ2n) is 3.57. The fourth-order valence-electron chi connectivity index (χ4n) is 1.42. The van der Waals surface area contributed by atoms with Crippen LogP contribution >= 0.6 is 24.0 Å². The van der Waals surface area contributed by atoms with E-state index in [0.717, 1.165) is 31.1 Å². The molecule has 0 aliphatic carbocycles. The van der Waals surface area contributed by atoms with E-state index in [9.17, 15) is 8.42 Å². The highest BCUT2D eigenvalue weighted by Crippen LogP contribution is 2.07. The van der Waals surface area contributed by atoms with Gasteiger partial charge >= 0.3 is 0 Å². The number of thioether (sulfide) groups is 1. The van der Waals surface area contributed by atoms with Crippen LogP contribution in [0.1, 0.15) is 0 Å². The molecule has 1 aliphatic rings. The highest BCUT2D eigenvalue weighted by molar-refractivity contribution is 7.99. The molecular formula is C8H17N3O2S3. The average molecular weight is 283 g/mol. The van der Waals surface area contributed by atoms with E-state index in [1.165, 1.54) is 0 Å². The fourth-order valence-corrected chi connectivity index (χ4v) is 3.75. The molecule has 1 heterocycles. The van der Waals surface area contributed by atoms with Gasteiger partial charge in [0.05, 0.1) is 4.99 Å². The molecule has 0 aromatic rings. The van der Waals surface area contributed by atoms with Crippen LogP contribution in [0.15, 0.2) is 0 Å². The first kappa shape index (κ1) is 14.2. The lowest BCUT2D eigenvalue weighted by molar-refractivity contribution is 0.307. The van der Waals surface area contributed by atoms with Crippen molar-refractivity contribution in [3.63, 3.8) is 0 Å². The van der Waals surface area contributed by atoms with E-state index >= 15 is 0 Å². The molecular weight excluding hydrogens is 266 g/mol. The largest absolute Gasteiger partial charge is 0.392 e. The number of nitrogens with two attached hydrogens (primary N) is 1. The van der Waals surface area contributed by atoms with E-state index in [2.05, 4.69) is 21.8 Å². The zero-order chi connectivity index (χ0) is 12.0. The molecule has 0 aromatic heterocycles. The molecule has 0 radical (unpaired) electrons. The van der Waals surface area contributed by atoms with Crippen LogP contribution in [-0.4, -0.2) is 61.7 Å². The number of rotatable bonds is 6. The Hall–Kier alpha value is 0.110. The molecule has 0 bridgehead atoms. The third-order valence-corrected chi connectivity index (χ3v) is 4.79. The van der Waals surface area contributed by atoms with Gasteiger partial charge < -0.3 is 10.6 Å². The van der Waals surface area contributed by atoms with Gasteiger partial charge in [0.1, 0.15) is 5.75 Å². The van der Waals surface area contributed by atoms with Crippen molar-refractivity contribution in [3.05, 3.63) is 0 Å². The summed E-state index contributed by atoms with van der Waals surface area (Å²) in [6.07, 6.45) is 0. The van der Waals surface area contributed by atoms with Crippen molar-refractivity contribution in [3.8, 4) is 0 Å². The topological polar surface area (TPSA) is 75.4 Å². The Bertz CT molecular complexity index is 325. The summed E-state index contributed by atoms with van der Waals surface area (Å²) < 4.78 is 25.3. The van der Waals surface area contributed by atoms with Gasteiger partial charge in [0, 0.05) is 37.7 Å². The van der Waals surface area contributed by atoms with Crippen molar-refractivity contribution >= 4 is 39.0 Å². The molecule has 0 amide bonds. The summed E-state index contributed by atoms with van der Waals surface area (Å²) in [5, 5.41) is 0. The molecule has 8 heteroatoms. The summed E-state index contributed by atoms with van der Waals surface area (Å²) in [4.78, 5) is 2.25. The summed E-state index contributed by atoms with van der Waals surface area (Å²) in [6, 6.07) is 0. The standard InChI is InChI=1S/C8H17N3O2S3/c9-8(14)7-16(12,13)10-1-2-11-3-5-15-6-4-11/h10H,1-7H2,(H2,9,14). The van der Waals surface area contributed by atoms with Gasteiger partial charge in [-0.1, -0.05) is 12.2 Å². The third kappa shape index (κ3) is 6.00. The molecule has 0 atom stereocenters. The molecule has 94 valence electrons. The molecule has 1 saturated heterocycles. The quantitative estimate of drug-likeness (QED) is 0.624. The van der Waals surface area contributed by atoms with E-state index in [0.29, 0.717) is 6.54 Å². The first-order chi connectivity index (χ1) is 7.49. The molecule has 5 nitrogen and oxygen atoms in total. The van der Waals surface area contributed by atoms with Crippen molar-refractivity contribution in [1.82, 2.24) is 9.62 Å². The normalized spacial score (nSPS) is 18.5. The van der Waals surface area contributed by atoms with E-state index in [1.54, 1.807) is 0 Å². The monoisotopic (exact) mass is 283 g/mol. The number of hydrogen-bond acceptors (Lipinski definition) is 5. The van der Waals surface area contributed by atoms with E-state index in [4.69, 9.17) is 5.73 Å². The maximum absolute atomic E-state index is 11.4. The smallest absolute Gasteiger partial charge is 0.218 e. The molecule has 16 heavy (non-hydrogen) atoms. The summed E-state index contributed by atoms with van der Waals surface area (Å²) in [6.45, 7) is 3.23. The number of nitrogens with one attached hydrogen (secondary N) is 1. The summed E-state index contributed by atoms with van der Waals surface area (Å²) >= 11 is 6.50. The molecule has 1 fully saturated rings. The van der Waals surface area contributed by atoms with Gasteiger partial charge in [0.2, 0.25) is 10.0 Å². The van der Waals surface area contributed by atoms with Gasteiger partial charge in [-0.2, -0.15) is 11.8 Å². The molecule has 0 unspecified atom stereocenters. The SMILES string of the molecule is NC(=S)CS(=O)(=O)NCCN1CCSCC1. The van der Waals surface area contributed by atoms with Crippen molar-refractivity contribution in [1.29, 1.82) is 0 Å². The van der Waals surface area contributed by atoms with Crippen LogP contribution in [0.25, 0.3) is 0 Å². The van der Waals surface area contributed by atoms with Gasteiger partial charge in [-0.05, 0) is 0 Å². The Morgan fingerprint density at radius 2 is 2.06 bits per heavy atom. The number of thiocarbonyl (C=S) groups is 1. The molecule has 0 aromatic carbocycles. The summed E-state index contributed by atoms with van der Waals surface area (Å²) in [5.41, 5.74) is 5.19. The predicted molar refractivity (Wildman–Crippen MR) is 72.3 cm³/mol. The number of sulfonamides is 1. The highest BCUT2D eigenvalue weighted by atomic mass is 32.2. The van der Waals surface area contributed by atoms with Crippen molar-refractivity contribution in [2.45, 2.75) is 0 Å². The average Bonchev–Trinajstić information content (AvgIpc) is 2.16. The van der Waals surface area contributed by atoms with Gasteiger partial charge in [-0.3, -0.25) is 0 Å². The molecule has 1 aliphatic heterocycles. The van der Waals surface area contributed by atoms with Crippen LogP contribution in [0, 0.1) is 0 Å². The Morgan fingerprint density at radius 1 is 1.44 bits per heavy atom. The van der Waals surface area contributed by atoms with Crippen LogP contribution < -0.4 is 10.5 Å². The second-order valence-corrected chi connectivity index (χ2v) is 7.13. The minimum absolute atomic E-state index is 0.00173. The molecule has 3 N–H and O–H groups in total. The maximum Gasteiger partial charge on any atom is 0.218 e. The lowest BCUT2D eigenvalue weighted by atomic mass is 10.5. The van der Waals surface area contributed by atoms with Crippen molar-refractivity contribution in [2.75, 3.05) is 43.4 Å². The fraction of sp³-hybridized carbons (Fsp3) is 0.875. The van der Waals surface area contributed by atoms with Crippen molar-refractivity contribution < 1.29 is 8.42 Å². The van der Waals surface area contributed by atoms with Crippen LogP contribution in [0.2, 0.25) is 0 Å². The summed E-state index contributed by atoms with van der Waals surface area (Å²) in [7, 11) is -3.33. The lowest BCUT2D eigenvalue weighted by Crippen LogP contribution is -2.40. The Balaban J connectivity index is 2.21. The minimum atomic E-state index is -3.33. The first-order valence-electron chi connectivity index (χ1n) is 5.05. The van der Waals surface area contributed by atoms with Crippen LogP contribution in [-0.2, 0) is 10.0 Å². The highest BCUT2D eigenvalue weighted by Gasteiger charge is 2.13.